The van der Waals surface area contributed by atoms with Gasteiger partial charge in [0.25, 0.3) is 11.1 Å². The van der Waals surface area contributed by atoms with Crippen LogP contribution in [-0.4, -0.2) is 64.3 Å². The second kappa shape index (κ2) is 7.05. The Morgan fingerprint density at radius 1 is 1.28 bits per heavy atom. The highest BCUT2D eigenvalue weighted by molar-refractivity contribution is 8.18. The Morgan fingerprint density at radius 2 is 1.96 bits per heavy atom. The Bertz CT molecular complexity index is 762. The first-order valence-corrected chi connectivity index (χ1v) is 8.94. The Morgan fingerprint density at radius 3 is 2.56 bits per heavy atom. The third-order valence-electron chi connectivity index (χ3n) is 4.63. The predicted octanol–water partition coefficient (Wildman–Crippen LogP) is 1.54. The normalized spacial score (nSPS) is 20.0. The quantitative estimate of drug-likeness (QED) is 0.762. The lowest BCUT2D eigenvalue weighted by Crippen LogP contribution is -2.46. The number of morpholine rings is 1. The zero-order chi connectivity index (χ0) is 18.1. The van der Waals surface area contributed by atoms with Gasteiger partial charge in [-0.1, -0.05) is 0 Å². The summed E-state index contributed by atoms with van der Waals surface area (Å²) in [6.07, 6.45) is 1.73. The van der Waals surface area contributed by atoms with Crippen molar-refractivity contribution >= 4 is 34.9 Å². The number of hydrogen-bond acceptors (Lipinski definition) is 5. The molecule has 3 rings (SSSR count). The van der Waals surface area contributed by atoms with Gasteiger partial charge in [0.1, 0.15) is 6.54 Å². The van der Waals surface area contributed by atoms with Crippen molar-refractivity contribution in [3.05, 3.63) is 27.9 Å². The molecule has 7 nitrogen and oxygen atoms in total. The first kappa shape index (κ1) is 17.8. The highest BCUT2D eigenvalue weighted by Gasteiger charge is 2.37. The predicted molar refractivity (Wildman–Crippen MR) is 95.0 cm³/mol. The highest BCUT2D eigenvalue weighted by Crippen LogP contribution is 2.33. The molecule has 2 fully saturated rings. The van der Waals surface area contributed by atoms with Crippen LogP contribution in [0.3, 0.4) is 0 Å². The van der Waals surface area contributed by atoms with Crippen LogP contribution >= 0.6 is 11.8 Å². The molecule has 134 valence electrons. The number of carbonyl (C=O) groups excluding carboxylic acids is 3. The maximum absolute atomic E-state index is 12.6. The van der Waals surface area contributed by atoms with E-state index in [1.54, 1.807) is 11.0 Å². The van der Waals surface area contributed by atoms with Crippen LogP contribution in [0, 0.1) is 13.8 Å². The number of ether oxygens (including phenoxy) is 1. The molecule has 0 aliphatic carbocycles. The Kier molecular flexibility index (Phi) is 5.01. The molecule has 2 aliphatic heterocycles. The van der Waals surface area contributed by atoms with Gasteiger partial charge in [0.15, 0.2) is 0 Å². The van der Waals surface area contributed by atoms with Crippen molar-refractivity contribution in [2.75, 3.05) is 32.8 Å². The van der Waals surface area contributed by atoms with Crippen LogP contribution in [-0.2, 0) is 21.4 Å². The minimum absolute atomic E-state index is 0.213. The van der Waals surface area contributed by atoms with Gasteiger partial charge in [0.05, 0.1) is 18.1 Å². The standard InChI is InChI=1S/C17H21N3O4S/c1-11-8-13(12(2)18(11)3)9-14-16(22)20(17(23)25-14)10-15(21)19-4-6-24-7-5-19/h8-9H,4-7,10H2,1-3H3/b14-9+. The number of aryl methyl sites for hydroxylation is 1. The van der Waals surface area contributed by atoms with Gasteiger partial charge in [-0.15, -0.1) is 0 Å². The van der Waals surface area contributed by atoms with Crippen LogP contribution in [0.2, 0.25) is 0 Å². The van der Waals surface area contributed by atoms with E-state index in [4.69, 9.17) is 4.74 Å². The van der Waals surface area contributed by atoms with Gasteiger partial charge in [-0.25, -0.2) is 0 Å². The summed E-state index contributed by atoms with van der Waals surface area (Å²) in [5, 5.41) is -0.400. The van der Waals surface area contributed by atoms with Crippen molar-refractivity contribution in [3.63, 3.8) is 0 Å². The molecule has 0 bridgehead atoms. The Hall–Kier alpha value is -2.06. The van der Waals surface area contributed by atoms with E-state index in [0.29, 0.717) is 31.2 Å². The fourth-order valence-corrected chi connectivity index (χ4v) is 3.69. The fourth-order valence-electron chi connectivity index (χ4n) is 2.86. The molecule has 0 atom stereocenters. The van der Waals surface area contributed by atoms with Crippen LogP contribution in [0.1, 0.15) is 17.0 Å². The lowest BCUT2D eigenvalue weighted by molar-refractivity contribution is -0.139. The summed E-state index contributed by atoms with van der Waals surface area (Å²) in [6.45, 7) is 5.69. The number of imide groups is 1. The summed E-state index contributed by atoms with van der Waals surface area (Å²) in [5.41, 5.74) is 3.00. The molecule has 3 heterocycles. The van der Waals surface area contributed by atoms with Crippen molar-refractivity contribution in [1.29, 1.82) is 0 Å². The van der Waals surface area contributed by atoms with Crippen molar-refractivity contribution < 1.29 is 19.1 Å². The van der Waals surface area contributed by atoms with Crippen molar-refractivity contribution in [2.45, 2.75) is 13.8 Å². The first-order chi connectivity index (χ1) is 11.9. The molecule has 2 aliphatic rings. The minimum Gasteiger partial charge on any atom is -0.378 e. The van der Waals surface area contributed by atoms with E-state index < -0.39 is 11.1 Å². The molecular formula is C17H21N3O4S. The Balaban J connectivity index is 1.74. The zero-order valence-electron chi connectivity index (χ0n) is 14.6. The first-order valence-electron chi connectivity index (χ1n) is 8.12. The number of rotatable bonds is 3. The van der Waals surface area contributed by atoms with E-state index in [1.807, 2.05) is 31.5 Å². The van der Waals surface area contributed by atoms with Crippen LogP contribution in [0.25, 0.3) is 6.08 Å². The van der Waals surface area contributed by atoms with E-state index in [-0.39, 0.29) is 12.5 Å². The van der Waals surface area contributed by atoms with Crippen LogP contribution < -0.4 is 0 Å². The summed E-state index contributed by atoms with van der Waals surface area (Å²) in [4.78, 5) is 40.1. The summed E-state index contributed by atoms with van der Waals surface area (Å²) >= 11 is 0.883. The molecular weight excluding hydrogens is 342 g/mol. The lowest BCUT2D eigenvalue weighted by Gasteiger charge is -2.28. The zero-order valence-corrected chi connectivity index (χ0v) is 15.4. The molecule has 2 saturated heterocycles. The number of nitrogens with zero attached hydrogens (tertiary/aromatic N) is 3. The van der Waals surface area contributed by atoms with Crippen LogP contribution in [0.5, 0.6) is 0 Å². The molecule has 1 aromatic rings. The summed E-state index contributed by atoms with van der Waals surface area (Å²) in [5.74, 6) is -0.629. The van der Waals surface area contributed by atoms with E-state index in [0.717, 1.165) is 33.6 Å². The minimum atomic E-state index is -0.405. The molecule has 25 heavy (non-hydrogen) atoms. The fraction of sp³-hybridized carbons (Fsp3) is 0.471. The molecule has 0 saturated carbocycles. The number of thioether (sulfide) groups is 1. The van der Waals surface area contributed by atoms with E-state index in [9.17, 15) is 14.4 Å². The van der Waals surface area contributed by atoms with E-state index >= 15 is 0 Å². The third kappa shape index (κ3) is 3.50. The SMILES string of the molecule is Cc1cc(/C=C2/SC(=O)N(CC(=O)N3CCOCC3)C2=O)c(C)n1C. The summed E-state index contributed by atoms with van der Waals surface area (Å²) in [7, 11) is 1.95. The van der Waals surface area contributed by atoms with Crippen molar-refractivity contribution in [1.82, 2.24) is 14.4 Å². The maximum Gasteiger partial charge on any atom is 0.294 e. The molecule has 8 heteroatoms. The second-order valence-corrected chi connectivity index (χ2v) is 7.14. The number of amides is 3. The summed E-state index contributed by atoms with van der Waals surface area (Å²) < 4.78 is 7.24. The number of carbonyl (C=O) groups is 3. The van der Waals surface area contributed by atoms with E-state index in [1.165, 1.54) is 0 Å². The van der Waals surface area contributed by atoms with Gasteiger partial charge < -0.3 is 14.2 Å². The van der Waals surface area contributed by atoms with Gasteiger partial charge in [-0.3, -0.25) is 19.3 Å². The monoisotopic (exact) mass is 363 g/mol. The molecule has 0 spiro atoms. The van der Waals surface area contributed by atoms with Gasteiger partial charge in [-0.2, -0.15) is 0 Å². The van der Waals surface area contributed by atoms with Crippen molar-refractivity contribution in [2.24, 2.45) is 7.05 Å². The molecule has 1 aromatic heterocycles. The highest BCUT2D eigenvalue weighted by atomic mass is 32.2. The maximum atomic E-state index is 12.6. The van der Waals surface area contributed by atoms with Gasteiger partial charge in [0, 0.05) is 31.5 Å². The van der Waals surface area contributed by atoms with Crippen molar-refractivity contribution in [3.8, 4) is 0 Å². The largest absolute Gasteiger partial charge is 0.378 e. The number of hydrogen-bond donors (Lipinski definition) is 0. The Labute approximate surface area is 150 Å². The third-order valence-corrected chi connectivity index (χ3v) is 5.54. The lowest BCUT2D eigenvalue weighted by atomic mass is 10.2. The average molecular weight is 363 g/mol. The van der Waals surface area contributed by atoms with Gasteiger partial charge >= 0.3 is 0 Å². The van der Waals surface area contributed by atoms with Gasteiger partial charge in [-0.05, 0) is 43.3 Å². The van der Waals surface area contributed by atoms with E-state index in [2.05, 4.69) is 0 Å². The van der Waals surface area contributed by atoms with Crippen LogP contribution in [0.15, 0.2) is 11.0 Å². The average Bonchev–Trinajstić information content (AvgIpc) is 3.00. The molecule has 0 N–H and O–H groups in total. The molecule has 3 amide bonds. The molecule has 0 unspecified atom stereocenters. The summed E-state index contributed by atoms with van der Waals surface area (Å²) in [6, 6.07) is 1.97. The molecule has 0 aromatic carbocycles. The smallest absolute Gasteiger partial charge is 0.294 e. The van der Waals surface area contributed by atoms with Gasteiger partial charge in [0.2, 0.25) is 5.91 Å². The number of aromatic nitrogens is 1. The van der Waals surface area contributed by atoms with Crippen LogP contribution in [0.4, 0.5) is 4.79 Å². The topological polar surface area (TPSA) is 71.9 Å². The second-order valence-electron chi connectivity index (χ2n) is 6.15. The molecule has 0 radical (unpaired) electrons.